The molecule has 1 aromatic carbocycles. The molecule has 3 rings (SSSR count). The summed E-state index contributed by atoms with van der Waals surface area (Å²) in [7, 11) is -3.82. The monoisotopic (exact) mass is 351 g/mol. The second-order valence-corrected chi connectivity index (χ2v) is 7.99. The second-order valence-electron chi connectivity index (χ2n) is 6.27. The van der Waals surface area contributed by atoms with Crippen LogP contribution >= 0.6 is 0 Å². The molecule has 1 fully saturated rings. The Morgan fingerprint density at radius 1 is 1.25 bits per heavy atom. The van der Waals surface area contributed by atoms with Crippen molar-refractivity contribution in [1.82, 2.24) is 9.62 Å². The van der Waals surface area contributed by atoms with Gasteiger partial charge < -0.3 is 10.2 Å². The van der Waals surface area contributed by atoms with Crippen LogP contribution < -0.4 is 10.0 Å². The fraction of sp³-hybridized carbons (Fsp3) is 0.500. The number of fused-ring (bicyclic) bond motifs is 1. The zero-order valence-corrected chi connectivity index (χ0v) is 14.4. The summed E-state index contributed by atoms with van der Waals surface area (Å²) in [6.45, 7) is 2.92. The van der Waals surface area contributed by atoms with Gasteiger partial charge in [0.25, 0.3) is 0 Å². The molecule has 0 aliphatic carbocycles. The summed E-state index contributed by atoms with van der Waals surface area (Å²) in [5.74, 6) is -0.350. The lowest BCUT2D eigenvalue weighted by atomic mass is 10.1. The van der Waals surface area contributed by atoms with E-state index in [2.05, 4.69) is 10.0 Å². The van der Waals surface area contributed by atoms with E-state index in [1.807, 2.05) is 0 Å². The first-order chi connectivity index (χ1) is 11.4. The molecule has 1 aromatic rings. The first-order valence-electron chi connectivity index (χ1n) is 8.11. The number of hydrogen-bond acceptors (Lipinski definition) is 4. The molecule has 130 valence electrons. The van der Waals surface area contributed by atoms with Gasteiger partial charge in [-0.1, -0.05) is 0 Å². The molecule has 2 N–H and O–H groups in total. The number of piperidine rings is 1. The Bertz CT molecular complexity index is 770. The lowest BCUT2D eigenvalue weighted by molar-refractivity contribution is -0.133. The van der Waals surface area contributed by atoms with E-state index in [4.69, 9.17) is 0 Å². The number of carbonyl (C=O) groups is 2. The molecule has 0 aromatic heterocycles. The molecular weight excluding hydrogens is 330 g/mol. The fourth-order valence-electron chi connectivity index (χ4n) is 3.11. The maximum absolute atomic E-state index is 12.5. The number of anilines is 1. The van der Waals surface area contributed by atoms with Gasteiger partial charge in [-0.15, -0.1) is 0 Å². The van der Waals surface area contributed by atoms with Gasteiger partial charge in [-0.05, 0) is 49.9 Å². The Hall–Kier alpha value is -1.93. The van der Waals surface area contributed by atoms with Crippen LogP contribution in [-0.4, -0.2) is 44.3 Å². The normalized spacial score (nSPS) is 18.9. The van der Waals surface area contributed by atoms with Crippen molar-refractivity contribution in [3.05, 3.63) is 23.8 Å². The number of amides is 2. The molecule has 1 atom stereocenters. The van der Waals surface area contributed by atoms with Crippen molar-refractivity contribution in [2.45, 2.75) is 43.5 Å². The maximum atomic E-state index is 12.5. The minimum atomic E-state index is -3.82. The van der Waals surface area contributed by atoms with E-state index in [0.717, 1.165) is 19.3 Å². The highest BCUT2D eigenvalue weighted by Crippen LogP contribution is 2.25. The van der Waals surface area contributed by atoms with Crippen LogP contribution in [0, 0.1) is 0 Å². The Labute approximate surface area is 141 Å². The van der Waals surface area contributed by atoms with Crippen LogP contribution in [-0.2, 0) is 26.0 Å². The van der Waals surface area contributed by atoms with Crippen LogP contribution in [0.1, 0.15) is 31.7 Å². The van der Waals surface area contributed by atoms with Crippen LogP contribution in [0.25, 0.3) is 0 Å². The molecule has 2 heterocycles. The van der Waals surface area contributed by atoms with E-state index in [9.17, 15) is 18.0 Å². The van der Waals surface area contributed by atoms with Crippen LogP contribution in [0.2, 0.25) is 0 Å². The number of likely N-dealkylation sites (tertiary alicyclic amines) is 1. The van der Waals surface area contributed by atoms with Gasteiger partial charge in [0.05, 0.1) is 17.4 Å². The van der Waals surface area contributed by atoms with Crippen molar-refractivity contribution in [2.24, 2.45) is 0 Å². The Kier molecular flexibility index (Phi) is 4.60. The quantitative estimate of drug-likeness (QED) is 0.841. The molecule has 0 radical (unpaired) electrons. The van der Waals surface area contributed by atoms with Crippen molar-refractivity contribution in [2.75, 3.05) is 18.4 Å². The fourth-order valence-corrected chi connectivity index (χ4v) is 4.36. The van der Waals surface area contributed by atoms with Crippen molar-refractivity contribution in [1.29, 1.82) is 0 Å². The Morgan fingerprint density at radius 2 is 1.96 bits per heavy atom. The molecular formula is C16H21N3O4S. The summed E-state index contributed by atoms with van der Waals surface area (Å²) < 4.78 is 27.5. The SMILES string of the molecule is C[C@@H](NS(=O)(=O)c1ccc2c(c1)CC(=O)N2)C(=O)N1CCCCC1. The van der Waals surface area contributed by atoms with Gasteiger partial charge in [-0.25, -0.2) is 8.42 Å². The van der Waals surface area contributed by atoms with E-state index >= 15 is 0 Å². The highest BCUT2D eigenvalue weighted by Gasteiger charge is 2.28. The molecule has 24 heavy (non-hydrogen) atoms. The molecule has 2 aliphatic rings. The Balaban J connectivity index is 1.72. The molecule has 0 saturated carbocycles. The smallest absolute Gasteiger partial charge is 0.241 e. The van der Waals surface area contributed by atoms with Crippen molar-refractivity contribution in [3.8, 4) is 0 Å². The lowest BCUT2D eigenvalue weighted by Gasteiger charge is -2.29. The van der Waals surface area contributed by atoms with Gasteiger partial charge in [0.2, 0.25) is 21.8 Å². The molecule has 2 amide bonds. The standard InChI is InChI=1S/C16H21N3O4S/c1-11(16(21)19-7-3-2-4-8-19)18-24(22,23)13-5-6-14-12(9-13)10-15(20)17-14/h5-6,9,11,18H,2-4,7-8,10H2,1H3,(H,17,20)/t11-/m1/s1. The molecule has 2 aliphatic heterocycles. The van der Waals surface area contributed by atoms with Gasteiger partial charge in [-0.2, -0.15) is 4.72 Å². The Morgan fingerprint density at radius 3 is 2.67 bits per heavy atom. The number of hydrogen-bond donors (Lipinski definition) is 2. The topological polar surface area (TPSA) is 95.6 Å². The van der Waals surface area contributed by atoms with Gasteiger partial charge in [0.15, 0.2) is 0 Å². The van der Waals surface area contributed by atoms with E-state index in [-0.39, 0.29) is 23.1 Å². The van der Waals surface area contributed by atoms with Gasteiger partial charge in [-0.3, -0.25) is 9.59 Å². The summed E-state index contributed by atoms with van der Waals surface area (Å²) in [5.41, 5.74) is 1.29. The average molecular weight is 351 g/mol. The molecule has 7 nitrogen and oxygen atoms in total. The minimum absolute atomic E-state index is 0.0658. The third-order valence-electron chi connectivity index (χ3n) is 4.38. The van der Waals surface area contributed by atoms with E-state index in [1.54, 1.807) is 17.9 Å². The molecule has 0 bridgehead atoms. The zero-order chi connectivity index (χ0) is 17.3. The van der Waals surface area contributed by atoms with Crippen molar-refractivity contribution < 1.29 is 18.0 Å². The van der Waals surface area contributed by atoms with Crippen LogP contribution in [0.4, 0.5) is 5.69 Å². The first-order valence-corrected chi connectivity index (χ1v) is 9.59. The minimum Gasteiger partial charge on any atom is -0.341 e. The zero-order valence-electron chi connectivity index (χ0n) is 13.5. The third kappa shape index (κ3) is 3.44. The third-order valence-corrected chi connectivity index (χ3v) is 5.92. The summed E-state index contributed by atoms with van der Waals surface area (Å²) in [6, 6.07) is 3.67. The van der Waals surface area contributed by atoms with Crippen molar-refractivity contribution >= 4 is 27.5 Å². The molecule has 0 spiro atoms. The highest BCUT2D eigenvalue weighted by molar-refractivity contribution is 7.89. The largest absolute Gasteiger partial charge is 0.341 e. The molecule has 1 saturated heterocycles. The number of nitrogens with one attached hydrogen (secondary N) is 2. The van der Waals surface area contributed by atoms with Gasteiger partial charge >= 0.3 is 0 Å². The lowest BCUT2D eigenvalue weighted by Crippen LogP contribution is -2.48. The van der Waals surface area contributed by atoms with Gasteiger partial charge in [0.1, 0.15) is 0 Å². The number of benzene rings is 1. The molecule has 0 unspecified atom stereocenters. The van der Waals surface area contributed by atoms with Crippen molar-refractivity contribution in [3.63, 3.8) is 0 Å². The summed E-state index contributed by atoms with van der Waals surface area (Å²) in [5, 5.41) is 2.66. The van der Waals surface area contributed by atoms with Crippen LogP contribution in [0.5, 0.6) is 0 Å². The second kappa shape index (κ2) is 6.52. The predicted octanol–water partition coefficient (Wildman–Crippen LogP) is 0.860. The number of nitrogens with zero attached hydrogens (tertiary/aromatic N) is 1. The number of carbonyl (C=O) groups excluding carboxylic acids is 2. The summed E-state index contributed by atoms with van der Waals surface area (Å²) in [6.07, 6.45) is 3.18. The highest BCUT2D eigenvalue weighted by atomic mass is 32.2. The van der Waals surface area contributed by atoms with E-state index < -0.39 is 16.1 Å². The molecule has 8 heteroatoms. The van der Waals surface area contributed by atoms with Gasteiger partial charge in [0, 0.05) is 18.8 Å². The maximum Gasteiger partial charge on any atom is 0.241 e. The van der Waals surface area contributed by atoms with E-state index in [0.29, 0.717) is 24.3 Å². The number of sulfonamides is 1. The first kappa shape index (κ1) is 16.9. The summed E-state index contributed by atoms with van der Waals surface area (Å²) in [4.78, 5) is 25.5. The summed E-state index contributed by atoms with van der Waals surface area (Å²) >= 11 is 0. The number of rotatable bonds is 4. The van der Waals surface area contributed by atoms with Crippen LogP contribution in [0.15, 0.2) is 23.1 Å². The van der Waals surface area contributed by atoms with Crippen LogP contribution in [0.3, 0.4) is 0 Å². The van der Waals surface area contributed by atoms with E-state index in [1.165, 1.54) is 12.1 Å². The predicted molar refractivity (Wildman–Crippen MR) is 89.0 cm³/mol. The average Bonchev–Trinajstić information content (AvgIpc) is 2.93.